The van der Waals surface area contributed by atoms with E-state index in [1.807, 2.05) is 26.8 Å². The molecule has 1 amide bonds. The Morgan fingerprint density at radius 1 is 1.44 bits per heavy atom. The van der Waals surface area contributed by atoms with Gasteiger partial charge in [0.25, 0.3) is 0 Å². The molecule has 0 heterocycles. The number of carbonyl (C=O) groups is 1. The zero-order valence-corrected chi connectivity index (χ0v) is 11.2. The first-order valence-electron chi connectivity index (χ1n) is 5.80. The van der Waals surface area contributed by atoms with Crippen molar-refractivity contribution in [3.63, 3.8) is 0 Å². The van der Waals surface area contributed by atoms with E-state index in [-0.39, 0.29) is 6.09 Å². The van der Waals surface area contributed by atoms with Crippen LogP contribution >= 0.6 is 11.6 Å². The largest absolute Gasteiger partial charge is 0.418 e. The first-order valence-corrected chi connectivity index (χ1v) is 6.33. The van der Waals surface area contributed by atoms with Gasteiger partial charge in [0.2, 0.25) is 0 Å². The average molecular weight is 248 g/mol. The lowest BCUT2D eigenvalue weighted by molar-refractivity contribution is 0.138. The number of unbranched alkanes of at least 4 members (excludes halogenated alkanes) is 1. The summed E-state index contributed by atoms with van der Waals surface area (Å²) in [6.45, 7) is 7.37. The second-order valence-electron chi connectivity index (χ2n) is 3.93. The third kappa shape index (κ3) is 7.57. The lowest BCUT2D eigenvalue weighted by Gasteiger charge is -2.18. The van der Waals surface area contributed by atoms with E-state index in [2.05, 4.69) is 0 Å². The van der Waals surface area contributed by atoms with Crippen molar-refractivity contribution < 1.29 is 9.53 Å². The molecule has 0 saturated heterocycles. The fourth-order valence-corrected chi connectivity index (χ4v) is 1.29. The summed E-state index contributed by atoms with van der Waals surface area (Å²) in [7, 11) is 0. The molecular formula is C12H22ClNO2. The Morgan fingerprint density at radius 3 is 2.62 bits per heavy atom. The molecule has 0 saturated carbocycles. The first-order chi connectivity index (χ1) is 7.61. The molecule has 3 nitrogen and oxygen atoms in total. The molecule has 0 fully saturated rings. The summed E-state index contributed by atoms with van der Waals surface area (Å²) in [6.07, 6.45) is 4.88. The van der Waals surface area contributed by atoms with Gasteiger partial charge in [-0.05, 0) is 31.8 Å². The number of allylic oxidation sites excluding steroid dienone is 1. The van der Waals surface area contributed by atoms with Crippen LogP contribution in [0.5, 0.6) is 0 Å². The molecule has 0 atom stereocenters. The van der Waals surface area contributed by atoms with Gasteiger partial charge in [-0.25, -0.2) is 4.79 Å². The molecule has 4 heteroatoms. The minimum absolute atomic E-state index is 0.283. The molecule has 0 N–H and O–H groups in total. The van der Waals surface area contributed by atoms with Gasteiger partial charge in [0.15, 0.2) is 0 Å². The van der Waals surface area contributed by atoms with Gasteiger partial charge < -0.3 is 9.64 Å². The van der Waals surface area contributed by atoms with Crippen LogP contribution in [0.25, 0.3) is 0 Å². The molecule has 0 bridgehead atoms. The van der Waals surface area contributed by atoms with Gasteiger partial charge in [0.05, 0.1) is 6.26 Å². The Morgan fingerprint density at radius 2 is 2.12 bits per heavy atom. The zero-order chi connectivity index (χ0) is 12.4. The minimum atomic E-state index is -0.283. The van der Waals surface area contributed by atoms with Crippen molar-refractivity contribution in [2.75, 3.05) is 19.0 Å². The molecule has 0 aromatic carbocycles. The van der Waals surface area contributed by atoms with Gasteiger partial charge >= 0.3 is 6.09 Å². The molecule has 16 heavy (non-hydrogen) atoms. The predicted octanol–water partition coefficient (Wildman–Crippen LogP) is 3.63. The number of carbonyl (C=O) groups excluding carboxylic acids is 1. The van der Waals surface area contributed by atoms with Crippen molar-refractivity contribution in [2.24, 2.45) is 5.92 Å². The Kier molecular flexibility index (Phi) is 9.10. The van der Waals surface area contributed by atoms with Crippen molar-refractivity contribution in [3.8, 4) is 0 Å². The maximum Gasteiger partial charge on any atom is 0.414 e. The second kappa shape index (κ2) is 9.52. The van der Waals surface area contributed by atoms with E-state index in [0.717, 1.165) is 12.8 Å². The fourth-order valence-electron chi connectivity index (χ4n) is 1.10. The number of nitrogens with zero attached hydrogens (tertiary/aromatic N) is 1. The van der Waals surface area contributed by atoms with Gasteiger partial charge in [-0.3, -0.25) is 0 Å². The average Bonchev–Trinajstić information content (AvgIpc) is 2.23. The molecule has 0 unspecified atom stereocenters. The molecule has 0 spiro atoms. The van der Waals surface area contributed by atoms with E-state index in [0.29, 0.717) is 24.9 Å². The Hall–Kier alpha value is -0.700. The number of hydrogen-bond acceptors (Lipinski definition) is 2. The highest BCUT2D eigenvalue weighted by atomic mass is 35.5. The highest BCUT2D eigenvalue weighted by molar-refractivity contribution is 6.17. The number of alkyl halides is 1. The topological polar surface area (TPSA) is 29.5 Å². The van der Waals surface area contributed by atoms with E-state index >= 15 is 0 Å². The lowest BCUT2D eigenvalue weighted by Crippen LogP contribution is -2.31. The van der Waals surface area contributed by atoms with Crippen molar-refractivity contribution in [2.45, 2.75) is 33.6 Å². The second-order valence-corrected chi connectivity index (χ2v) is 4.31. The van der Waals surface area contributed by atoms with Crippen LogP contribution in [0.2, 0.25) is 0 Å². The molecule has 0 aliphatic heterocycles. The van der Waals surface area contributed by atoms with Crippen LogP contribution < -0.4 is 0 Å². The number of rotatable bonds is 7. The highest BCUT2D eigenvalue weighted by Crippen LogP contribution is 2.01. The van der Waals surface area contributed by atoms with Crippen LogP contribution in [0.15, 0.2) is 12.3 Å². The van der Waals surface area contributed by atoms with Gasteiger partial charge in [0, 0.05) is 19.0 Å². The summed E-state index contributed by atoms with van der Waals surface area (Å²) in [4.78, 5) is 13.2. The van der Waals surface area contributed by atoms with Gasteiger partial charge in [-0.2, -0.15) is 0 Å². The van der Waals surface area contributed by atoms with Gasteiger partial charge in [0.1, 0.15) is 0 Å². The van der Waals surface area contributed by atoms with E-state index in [1.165, 1.54) is 6.26 Å². The summed E-state index contributed by atoms with van der Waals surface area (Å²) in [5.74, 6) is 1.03. The standard InChI is InChI=1S/C12H22ClNO2/c1-4-14(9-6-5-8-13)12(15)16-10-7-11(2)3/h7,10-11H,4-6,8-9H2,1-3H3/b10-7-. The van der Waals surface area contributed by atoms with E-state index < -0.39 is 0 Å². The Bertz CT molecular complexity index is 217. The van der Waals surface area contributed by atoms with Crippen LogP contribution in [0.3, 0.4) is 0 Å². The number of halogens is 1. The van der Waals surface area contributed by atoms with Gasteiger partial charge in [-0.15, -0.1) is 11.6 Å². The molecule has 0 aliphatic rings. The van der Waals surface area contributed by atoms with Gasteiger partial charge in [-0.1, -0.05) is 13.8 Å². The maximum absolute atomic E-state index is 11.6. The van der Waals surface area contributed by atoms with Crippen molar-refractivity contribution in [1.29, 1.82) is 0 Å². The molecule has 0 aromatic rings. The van der Waals surface area contributed by atoms with Crippen molar-refractivity contribution >= 4 is 17.7 Å². The minimum Gasteiger partial charge on any atom is -0.418 e. The Labute approximate surface area is 103 Å². The predicted molar refractivity (Wildman–Crippen MR) is 67.7 cm³/mol. The van der Waals surface area contributed by atoms with Crippen molar-refractivity contribution in [3.05, 3.63) is 12.3 Å². The molecule has 0 radical (unpaired) electrons. The van der Waals surface area contributed by atoms with Crippen LogP contribution in [-0.4, -0.2) is 30.0 Å². The normalized spacial score (nSPS) is 11.1. The van der Waals surface area contributed by atoms with Crippen LogP contribution in [0, 0.1) is 5.92 Å². The van der Waals surface area contributed by atoms with E-state index in [1.54, 1.807) is 4.90 Å². The van der Waals surface area contributed by atoms with Crippen LogP contribution in [0.1, 0.15) is 33.6 Å². The quantitative estimate of drug-likeness (QED) is 0.391. The smallest absolute Gasteiger partial charge is 0.414 e. The lowest BCUT2D eigenvalue weighted by atomic mass is 10.2. The van der Waals surface area contributed by atoms with E-state index in [9.17, 15) is 4.79 Å². The highest BCUT2D eigenvalue weighted by Gasteiger charge is 2.10. The summed E-state index contributed by atoms with van der Waals surface area (Å²) >= 11 is 5.58. The molecule has 0 aliphatic carbocycles. The summed E-state index contributed by atoms with van der Waals surface area (Å²) in [5.41, 5.74) is 0. The molecule has 94 valence electrons. The number of ether oxygens (including phenoxy) is 1. The summed E-state index contributed by atoms with van der Waals surface area (Å²) in [6, 6.07) is 0. The monoisotopic (exact) mass is 247 g/mol. The third-order valence-electron chi connectivity index (χ3n) is 2.08. The number of amides is 1. The zero-order valence-electron chi connectivity index (χ0n) is 10.4. The molecule has 0 aromatic heterocycles. The van der Waals surface area contributed by atoms with Crippen molar-refractivity contribution in [1.82, 2.24) is 4.90 Å². The molecule has 0 rings (SSSR count). The third-order valence-corrected chi connectivity index (χ3v) is 2.35. The Balaban J connectivity index is 3.91. The van der Waals surface area contributed by atoms with Crippen LogP contribution in [-0.2, 0) is 4.74 Å². The maximum atomic E-state index is 11.6. The summed E-state index contributed by atoms with van der Waals surface area (Å²) < 4.78 is 5.01. The number of hydrogen-bond donors (Lipinski definition) is 0. The van der Waals surface area contributed by atoms with E-state index in [4.69, 9.17) is 16.3 Å². The fraction of sp³-hybridized carbons (Fsp3) is 0.750. The summed E-state index contributed by atoms with van der Waals surface area (Å²) in [5, 5.41) is 0. The molecular weight excluding hydrogens is 226 g/mol. The SMILES string of the molecule is CCN(CCCCCl)C(=O)O/C=C\C(C)C. The first kappa shape index (κ1) is 15.3. The van der Waals surface area contributed by atoms with Crippen LogP contribution in [0.4, 0.5) is 4.79 Å².